The summed E-state index contributed by atoms with van der Waals surface area (Å²) in [6, 6.07) is 6.03. The summed E-state index contributed by atoms with van der Waals surface area (Å²) in [6.07, 6.45) is 1.50. The molecule has 0 unspecified atom stereocenters. The molecule has 0 spiro atoms. The normalized spacial score (nSPS) is 11.7. The molecule has 19 heavy (non-hydrogen) atoms. The molecule has 0 aromatic heterocycles. The first-order valence-electron chi connectivity index (χ1n) is 6.42. The lowest BCUT2D eigenvalue weighted by molar-refractivity contribution is -0.117. The van der Waals surface area contributed by atoms with E-state index in [0.29, 0.717) is 24.3 Å². The van der Waals surface area contributed by atoms with E-state index in [0.717, 1.165) is 6.42 Å². The van der Waals surface area contributed by atoms with E-state index in [2.05, 4.69) is 5.32 Å². The van der Waals surface area contributed by atoms with Gasteiger partial charge in [0.25, 0.3) is 0 Å². The van der Waals surface area contributed by atoms with Crippen molar-refractivity contribution >= 4 is 17.6 Å². The number of benzene rings is 1. The molecule has 5 heteroatoms. The zero-order chi connectivity index (χ0) is 14.3. The molecule has 0 saturated carbocycles. The number of ether oxygens (including phenoxy) is 1. The minimum Gasteiger partial charge on any atom is -0.462 e. The average Bonchev–Trinajstić information content (AvgIpc) is 2.40. The number of hydrogen-bond acceptors (Lipinski definition) is 4. The van der Waals surface area contributed by atoms with E-state index in [1.807, 2.05) is 6.92 Å². The molecule has 0 aliphatic heterocycles. The van der Waals surface area contributed by atoms with Gasteiger partial charge in [0.05, 0.1) is 18.2 Å². The SMILES string of the molecule is CCC[C@@H](N)C(=O)Nc1ccc(C(=O)OCC)cc1. The first kappa shape index (κ1) is 15.2. The third kappa shape index (κ3) is 4.71. The molecule has 0 fully saturated rings. The molecule has 1 rings (SSSR count). The standard InChI is InChI=1S/C14H20N2O3/c1-3-5-12(15)13(17)16-11-8-6-10(7-9-11)14(18)19-4-2/h6-9,12H,3-5,15H2,1-2H3,(H,16,17)/t12-/m1/s1. The highest BCUT2D eigenvalue weighted by atomic mass is 16.5. The van der Waals surface area contributed by atoms with Crippen LogP contribution in [-0.2, 0) is 9.53 Å². The highest BCUT2D eigenvalue weighted by Crippen LogP contribution is 2.11. The molecule has 0 saturated heterocycles. The Bertz CT molecular complexity index is 429. The lowest BCUT2D eigenvalue weighted by atomic mass is 10.1. The second kappa shape index (κ2) is 7.53. The van der Waals surface area contributed by atoms with Crippen molar-refractivity contribution in [2.24, 2.45) is 5.73 Å². The average molecular weight is 264 g/mol. The van der Waals surface area contributed by atoms with E-state index in [9.17, 15) is 9.59 Å². The van der Waals surface area contributed by atoms with Crippen LogP contribution in [-0.4, -0.2) is 24.5 Å². The number of amides is 1. The Balaban J connectivity index is 2.62. The summed E-state index contributed by atoms with van der Waals surface area (Å²) in [5.74, 6) is -0.589. The van der Waals surface area contributed by atoms with Crippen LogP contribution < -0.4 is 11.1 Å². The zero-order valence-electron chi connectivity index (χ0n) is 11.3. The van der Waals surface area contributed by atoms with Crippen molar-refractivity contribution in [3.63, 3.8) is 0 Å². The summed E-state index contributed by atoms with van der Waals surface area (Å²) in [7, 11) is 0. The third-order valence-corrected chi connectivity index (χ3v) is 2.60. The molecular weight excluding hydrogens is 244 g/mol. The van der Waals surface area contributed by atoms with Gasteiger partial charge in [-0.25, -0.2) is 4.79 Å². The molecule has 1 amide bonds. The molecule has 1 aromatic rings. The Morgan fingerprint density at radius 1 is 1.26 bits per heavy atom. The van der Waals surface area contributed by atoms with Gasteiger partial charge in [0.2, 0.25) is 5.91 Å². The van der Waals surface area contributed by atoms with Crippen molar-refractivity contribution in [2.75, 3.05) is 11.9 Å². The van der Waals surface area contributed by atoms with Crippen LogP contribution in [0.4, 0.5) is 5.69 Å². The second-order valence-corrected chi connectivity index (χ2v) is 4.18. The van der Waals surface area contributed by atoms with Crippen molar-refractivity contribution in [3.8, 4) is 0 Å². The van der Waals surface area contributed by atoms with Crippen LogP contribution in [0.5, 0.6) is 0 Å². The summed E-state index contributed by atoms with van der Waals surface area (Å²) in [5, 5.41) is 2.71. The highest BCUT2D eigenvalue weighted by molar-refractivity contribution is 5.95. The van der Waals surface area contributed by atoms with E-state index in [1.165, 1.54) is 0 Å². The van der Waals surface area contributed by atoms with Crippen LogP contribution in [0.3, 0.4) is 0 Å². The van der Waals surface area contributed by atoms with Crippen molar-refractivity contribution in [1.82, 2.24) is 0 Å². The fraction of sp³-hybridized carbons (Fsp3) is 0.429. The van der Waals surface area contributed by atoms with Gasteiger partial charge in [-0.3, -0.25) is 4.79 Å². The predicted octanol–water partition coefficient (Wildman–Crippen LogP) is 1.93. The number of esters is 1. The Morgan fingerprint density at radius 2 is 1.89 bits per heavy atom. The number of carbonyl (C=O) groups is 2. The van der Waals surface area contributed by atoms with Gasteiger partial charge in [-0.2, -0.15) is 0 Å². The van der Waals surface area contributed by atoms with Gasteiger partial charge in [0.15, 0.2) is 0 Å². The Hall–Kier alpha value is -1.88. The number of hydrogen-bond donors (Lipinski definition) is 2. The molecule has 0 radical (unpaired) electrons. The summed E-state index contributed by atoms with van der Waals surface area (Å²) >= 11 is 0. The predicted molar refractivity (Wildman–Crippen MR) is 73.9 cm³/mol. The highest BCUT2D eigenvalue weighted by Gasteiger charge is 2.12. The monoisotopic (exact) mass is 264 g/mol. The maximum absolute atomic E-state index is 11.7. The minimum absolute atomic E-state index is 0.217. The van der Waals surface area contributed by atoms with Crippen molar-refractivity contribution in [1.29, 1.82) is 0 Å². The summed E-state index contributed by atoms with van der Waals surface area (Å²) in [4.78, 5) is 23.1. The fourth-order valence-corrected chi connectivity index (χ4v) is 1.58. The summed E-state index contributed by atoms with van der Waals surface area (Å²) < 4.78 is 4.87. The van der Waals surface area contributed by atoms with Crippen LogP contribution in [0.2, 0.25) is 0 Å². The Morgan fingerprint density at radius 3 is 2.42 bits per heavy atom. The lowest BCUT2D eigenvalue weighted by Gasteiger charge is -2.11. The van der Waals surface area contributed by atoms with E-state index in [1.54, 1.807) is 31.2 Å². The number of nitrogens with one attached hydrogen (secondary N) is 1. The maximum Gasteiger partial charge on any atom is 0.338 e. The number of anilines is 1. The topological polar surface area (TPSA) is 81.4 Å². The number of carbonyl (C=O) groups excluding carboxylic acids is 2. The fourth-order valence-electron chi connectivity index (χ4n) is 1.58. The van der Waals surface area contributed by atoms with Crippen LogP contribution in [0, 0.1) is 0 Å². The largest absolute Gasteiger partial charge is 0.462 e. The quantitative estimate of drug-likeness (QED) is 0.769. The molecule has 0 bridgehead atoms. The Kier molecular flexibility index (Phi) is 6.02. The number of nitrogens with two attached hydrogens (primary N) is 1. The second-order valence-electron chi connectivity index (χ2n) is 4.18. The molecule has 1 atom stereocenters. The van der Waals surface area contributed by atoms with E-state index < -0.39 is 6.04 Å². The minimum atomic E-state index is -0.505. The van der Waals surface area contributed by atoms with Gasteiger partial charge >= 0.3 is 5.97 Å². The Labute approximate surface area is 113 Å². The molecule has 3 N–H and O–H groups in total. The van der Waals surface area contributed by atoms with Crippen molar-refractivity contribution in [3.05, 3.63) is 29.8 Å². The molecule has 0 aliphatic rings. The van der Waals surface area contributed by atoms with Crippen LogP contribution in [0.15, 0.2) is 24.3 Å². The van der Waals surface area contributed by atoms with Crippen molar-refractivity contribution in [2.45, 2.75) is 32.7 Å². The van der Waals surface area contributed by atoms with Crippen molar-refractivity contribution < 1.29 is 14.3 Å². The molecule has 0 heterocycles. The van der Waals surface area contributed by atoms with E-state index in [4.69, 9.17) is 10.5 Å². The van der Waals surface area contributed by atoms with E-state index >= 15 is 0 Å². The van der Waals surface area contributed by atoms with Crippen LogP contribution >= 0.6 is 0 Å². The van der Waals surface area contributed by atoms with Gasteiger partial charge in [0, 0.05) is 5.69 Å². The first-order valence-corrected chi connectivity index (χ1v) is 6.42. The van der Waals surface area contributed by atoms with Gasteiger partial charge < -0.3 is 15.8 Å². The van der Waals surface area contributed by atoms with Gasteiger partial charge in [0.1, 0.15) is 0 Å². The van der Waals surface area contributed by atoms with Gasteiger partial charge in [-0.05, 0) is 37.6 Å². The molecule has 104 valence electrons. The summed E-state index contributed by atoms with van der Waals surface area (Å²) in [6.45, 7) is 4.06. The molecular formula is C14H20N2O3. The third-order valence-electron chi connectivity index (χ3n) is 2.60. The smallest absolute Gasteiger partial charge is 0.338 e. The summed E-state index contributed by atoms with van der Waals surface area (Å²) in [5.41, 5.74) is 6.78. The lowest BCUT2D eigenvalue weighted by Crippen LogP contribution is -2.35. The van der Waals surface area contributed by atoms with Crippen LogP contribution in [0.1, 0.15) is 37.0 Å². The number of rotatable bonds is 6. The molecule has 5 nitrogen and oxygen atoms in total. The van der Waals surface area contributed by atoms with Gasteiger partial charge in [-0.15, -0.1) is 0 Å². The van der Waals surface area contributed by atoms with E-state index in [-0.39, 0.29) is 11.9 Å². The molecule has 1 aromatic carbocycles. The van der Waals surface area contributed by atoms with Crippen LogP contribution in [0.25, 0.3) is 0 Å². The van der Waals surface area contributed by atoms with Gasteiger partial charge in [-0.1, -0.05) is 13.3 Å². The zero-order valence-corrected chi connectivity index (χ0v) is 11.3. The molecule has 0 aliphatic carbocycles. The maximum atomic E-state index is 11.7. The first-order chi connectivity index (χ1) is 9.08.